The van der Waals surface area contributed by atoms with Crippen molar-refractivity contribution in [2.45, 2.75) is 26.4 Å². The van der Waals surface area contributed by atoms with Crippen LogP contribution < -0.4 is 10.6 Å². The van der Waals surface area contributed by atoms with Crippen LogP contribution in [0.5, 0.6) is 0 Å². The molecule has 8 heteroatoms. The molecule has 1 atom stereocenters. The zero-order valence-corrected chi connectivity index (χ0v) is 15.8. The van der Waals surface area contributed by atoms with E-state index in [1.807, 2.05) is 38.2 Å². The first-order valence-corrected chi connectivity index (χ1v) is 8.97. The zero-order valence-electron chi connectivity index (χ0n) is 15.0. The predicted molar refractivity (Wildman–Crippen MR) is 102 cm³/mol. The fourth-order valence-corrected chi connectivity index (χ4v) is 2.91. The summed E-state index contributed by atoms with van der Waals surface area (Å²) >= 11 is 6.07. The Morgan fingerprint density at radius 2 is 1.85 bits per heavy atom. The van der Waals surface area contributed by atoms with E-state index in [-0.39, 0.29) is 24.3 Å². The van der Waals surface area contributed by atoms with E-state index in [2.05, 4.69) is 20.8 Å². The van der Waals surface area contributed by atoms with Gasteiger partial charge in [0.05, 0.1) is 17.1 Å². The van der Waals surface area contributed by atoms with E-state index in [0.29, 0.717) is 22.1 Å². The second-order valence-electron chi connectivity index (χ2n) is 6.44. The summed E-state index contributed by atoms with van der Waals surface area (Å²) < 4.78 is 1.80. The van der Waals surface area contributed by atoms with Crippen LogP contribution in [0.4, 0.5) is 0 Å². The molecule has 0 radical (unpaired) electrons. The van der Waals surface area contributed by atoms with Crippen molar-refractivity contribution in [2.24, 2.45) is 5.92 Å². The highest BCUT2D eigenvalue weighted by molar-refractivity contribution is 6.33. The first-order valence-electron chi connectivity index (χ1n) is 8.59. The second kappa shape index (κ2) is 8.18. The van der Waals surface area contributed by atoms with Gasteiger partial charge in [-0.2, -0.15) is 0 Å². The summed E-state index contributed by atoms with van der Waals surface area (Å²) in [5.41, 5.74) is 1.04. The van der Waals surface area contributed by atoms with E-state index < -0.39 is 6.04 Å². The molecule has 0 fully saturated rings. The van der Waals surface area contributed by atoms with Crippen LogP contribution in [0.3, 0.4) is 0 Å². The largest absolute Gasteiger partial charge is 0.347 e. The smallest absolute Gasteiger partial charge is 0.253 e. The lowest BCUT2D eigenvalue weighted by molar-refractivity contribution is -0.124. The number of fused-ring (bicyclic) bond motifs is 1. The van der Waals surface area contributed by atoms with Gasteiger partial charge in [0.1, 0.15) is 6.04 Å². The van der Waals surface area contributed by atoms with Crippen LogP contribution in [-0.2, 0) is 11.3 Å². The molecule has 3 aromatic rings. The van der Waals surface area contributed by atoms with E-state index in [0.717, 1.165) is 0 Å². The Hall–Kier alpha value is -2.93. The molecule has 0 spiro atoms. The van der Waals surface area contributed by atoms with Crippen LogP contribution in [0.1, 0.15) is 30.0 Å². The topological polar surface area (TPSA) is 88.4 Å². The van der Waals surface area contributed by atoms with Crippen LogP contribution in [0.2, 0.25) is 5.02 Å². The Morgan fingerprint density at radius 3 is 2.59 bits per heavy atom. The highest BCUT2D eigenvalue weighted by Crippen LogP contribution is 2.15. The number of aromatic nitrogens is 3. The third-order valence-electron chi connectivity index (χ3n) is 4.16. The van der Waals surface area contributed by atoms with Gasteiger partial charge in [-0.3, -0.25) is 14.0 Å². The van der Waals surface area contributed by atoms with Gasteiger partial charge in [0.25, 0.3) is 5.91 Å². The summed E-state index contributed by atoms with van der Waals surface area (Å²) in [4.78, 5) is 25.1. The molecule has 0 aliphatic heterocycles. The predicted octanol–water partition coefficient (Wildman–Crippen LogP) is 2.45. The highest BCUT2D eigenvalue weighted by atomic mass is 35.5. The fourth-order valence-electron chi connectivity index (χ4n) is 2.69. The first kappa shape index (κ1) is 18.8. The minimum atomic E-state index is -0.701. The number of pyridine rings is 1. The van der Waals surface area contributed by atoms with Gasteiger partial charge in [-0.1, -0.05) is 43.6 Å². The standard InChI is InChI=1S/C19H20ClN5O2/c1-12(2)17(22-18(26)13-7-3-4-8-14(13)20)19(27)21-11-16-24-23-15-9-5-6-10-25(15)16/h3-10,12,17H,11H2,1-2H3,(H,21,27)(H,22,26)/t17-/m0/s1. The molecule has 7 nitrogen and oxygen atoms in total. The Kier molecular flexibility index (Phi) is 5.71. The molecule has 3 rings (SSSR count). The summed E-state index contributed by atoms with van der Waals surface area (Å²) in [5.74, 6) is -0.175. The van der Waals surface area contributed by atoms with E-state index in [1.165, 1.54) is 0 Å². The maximum absolute atomic E-state index is 12.7. The minimum Gasteiger partial charge on any atom is -0.347 e. The monoisotopic (exact) mass is 385 g/mol. The molecule has 0 saturated heterocycles. The van der Waals surface area contributed by atoms with Crippen molar-refractivity contribution in [3.8, 4) is 0 Å². The number of hydrogen-bond acceptors (Lipinski definition) is 4. The van der Waals surface area contributed by atoms with Crippen molar-refractivity contribution in [1.82, 2.24) is 25.2 Å². The van der Waals surface area contributed by atoms with Crippen LogP contribution in [-0.4, -0.2) is 32.5 Å². The molecule has 1 aromatic carbocycles. The number of nitrogens with one attached hydrogen (secondary N) is 2. The van der Waals surface area contributed by atoms with Gasteiger partial charge in [0.2, 0.25) is 5.91 Å². The number of amides is 2. The van der Waals surface area contributed by atoms with E-state index in [9.17, 15) is 9.59 Å². The van der Waals surface area contributed by atoms with Crippen molar-refractivity contribution < 1.29 is 9.59 Å². The van der Waals surface area contributed by atoms with Crippen LogP contribution >= 0.6 is 11.6 Å². The van der Waals surface area contributed by atoms with E-state index >= 15 is 0 Å². The van der Waals surface area contributed by atoms with Gasteiger partial charge in [0.15, 0.2) is 11.5 Å². The summed E-state index contributed by atoms with van der Waals surface area (Å²) in [6.45, 7) is 3.93. The lowest BCUT2D eigenvalue weighted by Crippen LogP contribution is -2.49. The molecule has 2 N–H and O–H groups in total. The Morgan fingerprint density at radius 1 is 1.11 bits per heavy atom. The molecular weight excluding hydrogens is 366 g/mol. The molecule has 0 aliphatic carbocycles. The van der Waals surface area contributed by atoms with Crippen molar-refractivity contribution in [3.63, 3.8) is 0 Å². The van der Waals surface area contributed by atoms with Crippen LogP contribution in [0, 0.1) is 5.92 Å². The maximum atomic E-state index is 12.7. The molecular formula is C19H20ClN5O2. The van der Waals surface area contributed by atoms with Gasteiger partial charge in [0, 0.05) is 6.20 Å². The Bertz CT molecular complexity index is 969. The number of rotatable bonds is 6. The quantitative estimate of drug-likeness (QED) is 0.682. The number of halogens is 1. The van der Waals surface area contributed by atoms with E-state index in [1.54, 1.807) is 28.7 Å². The normalized spacial score (nSPS) is 12.1. The molecule has 2 aromatic heterocycles. The van der Waals surface area contributed by atoms with Crippen LogP contribution in [0.25, 0.3) is 5.65 Å². The third-order valence-corrected chi connectivity index (χ3v) is 4.49. The van der Waals surface area contributed by atoms with Crippen molar-refractivity contribution in [1.29, 1.82) is 0 Å². The number of benzene rings is 1. The molecule has 2 amide bonds. The molecule has 0 aliphatic rings. The van der Waals surface area contributed by atoms with Gasteiger partial charge in [-0.25, -0.2) is 0 Å². The molecule has 2 heterocycles. The Labute approximate surface area is 161 Å². The van der Waals surface area contributed by atoms with Gasteiger partial charge >= 0.3 is 0 Å². The van der Waals surface area contributed by atoms with Crippen molar-refractivity contribution in [3.05, 3.63) is 65.1 Å². The average molecular weight is 386 g/mol. The molecule has 140 valence electrons. The number of carbonyl (C=O) groups excluding carboxylic acids is 2. The second-order valence-corrected chi connectivity index (χ2v) is 6.85. The van der Waals surface area contributed by atoms with Crippen LogP contribution in [0.15, 0.2) is 48.7 Å². The molecule has 27 heavy (non-hydrogen) atoms. The van der Waals surface area contributed by atoms with Crippen molar-refractivity contribution >= 4 is 29.1 Å². The highest BCUT2D eigenvalue weighted by Gasteiger charge is 2.25. The van der Waals surface area contributed by atoms with Crippen molar-refractivity contribution in [2.75, 3.05) is 0 Å². The molecule has 0 saturated carbocycles. The SMILES string of the molecule is CC(C)[C@H](NC(=O)c1ccccc1Cl)C(=O)NCc1nnc2ccccn12. The summed E-state index contributed by atoms with van der Waals surface area (Å²) in [6, 6.07) is 11.6. The molecule has 0 bridgehead atoms. The van der Waals surface area contributed by atoms with Gasteiger partial charge in [-0.05, 0) is 30.2 Å². The summed E-state index contributed by atoms with van der Waals surface area (Å²) in [7, 11) is 0. The average Bonchev–Trinajstić information content (AvgIpc) is 3.07. The number of hydrogen-bond donors (Lipinski definition) is 2. The maximum Gasteiger partial charge on any atom is 0.253 e. The molecule has 0 unspecified atom stereocenters. The number of nitrogens with zero attached hydrogens (tertiary/aromatic N) is 3. The summed E-state index contributed by atoms with van der Waals surface area (Å²) in [6.07, 6.45) is 1.83. The van der Waals surface area contributed by atoms with Gasteiger partial charge < -0.3 is 10.6 Å². The Balaban J connectivity index is 1.68. The number of carbonyl (C=O) groups is 2. The first-order chi connectivity index (χ1) is 13.0. The fraction of sp³-hybridized carbons (Fsp3) is 0.263. The zero-order chi connectivity index (χ0) is 19.4. The van der Waals surface area contributed by atoms with E-state index in [4.69, 9.17) is 11.6 Å². The summed E-state index contributed by atoms with van der Waals surface area (Å²) in [5, 5.41) is 14.1. The lowest BCUT2D eigenvalue weighted by atomic mass is 10.0. The van der Waals surface area contributed by atoms with Gasteiger partial charge in [-0.15, -0.1) is 10.2 Å². The third kappa shape index (κ3) is 4.25. The lowest BCUT2D eigenvalue weighted by Gasteiger charge is -2.21. The minimum absolute atomic E-state index is 0.105.